The SMILES string of the molecule is CC(C)(CNC(=O)CCN)COC(C)(C)CC(=O)OC(C)(C)C. The highest BCUT2D eigenvalue weighted by molar-refractivity contribution is 5.76. The molecule has 6 heteroatoms. The molecule has 0 aromatic carbocycles. The van der Waals surface area contributed by atoms with E-state index in [2.05, 4.69) is 5.32 Å². The Hall–Kier alpha value is -1.14. The summed E-state index contributed by atoms with van der Waals surface area (Å²) in [7, 11) is 0. The minimum atomic E-state index is -0.624. The van der Waals surface area contributed by atoms with Crippen LogP contribution in [-0.2, 0) is 19.1 Å². The summed E-state index contributed by atoms with van der Waals surface area (Å²) >= 11 is 0. The molecule has 0 bridgehead atoms. The number of esters is 1. The third kappa shape index (κ3) is 12.0. The van der Waals surface area contributed by atoms with Crippen LogP contribution < -0.4 is 11.1 Å². The maximum Gasteiger partial charge on any atom is 0.309 e. The summed E-state index contributed by atoms with van der Waals surface area (Å²) in [4.78, 5) is 23.4. The lowest BCUT2D eigenvalue weighted by Gasteiger charge is -2.32. The van der Waals surface area contributed by atoms with Crippen LogP contribution in [0.3, 0.4) is 0 Å². The van der Waals surface area contributed by atoms with Crippen molar-refractivity contribution in [3.63, 3.8) is 0 Å². The first-order valence-corrected chi connectivity index (χ1v) is 8.09. The van der Waals surface area contributed by atoms with E-state index in [4.69, 9.17) is 15.2 Å². The van der Waals surface area contributed by atoms with Gasteiger partial charge < -0.3 is 20.5 Å². The smallest absolute Gasteiger partial charge is 0.309 e. The van der Waals surface area contributed by atoms with E-state index >= 15 is 0 Å². The van der Waals surface area contributed by atoms with Crippen molar-refractivity contribution >= 4 is 11.9 Å². The Balaban J connectivity index is 4.34. The highest BCUT2D eigenvalue weighted by Gasteiger charge is 2.29. The molecule has 0 rings (SSSR count). The van der Waals surface area contributed by atoms with Crippen molar-refractivity contribution in [2.75, 3.05) is 19.7 Å². The maximum atomic E-state index is 11.9. The van der Waals surface area contributed by atoms with Crippen LogP contribution in [0.5, 0.6) is 0 Å². The van der Waals surface area contributed by atoms with Gasteiger partial charge in [-0.2, -0.15) is 0 Å². The van der Waals surface area contributed by atoms with Crippen LogP contribution in [0.15, 0.2) is 0 Å². The van der Waals surface area contributed by atoms with Crippen LogP contribution in [0.1, 0.15) is 61.3 Å². The van der Waals surface area contributed by atoms with Gasteiger partial charge in [0.15, 0.2) is 0 Å². The van der Waals surface area contributed by atoms with Gasteiger partial charge in [-0.1, -0.05) is 13.8 Å². The van der Waals surface area contributed by atoms with Crippen molar-refractivity contribution < 1.29 is 19.1 Å². The van der Waals surface area contributed by atoms with Crippen LogP contribution in [-0.4, -0.2) is 42.8 Å². The maximum absolute atomic E-state index is 11.9. The standard InChI is InChI=1S/C17H34N2O4/c1-15(2,3)23-14(21)10-17(6,7)22-12-16(4,5)11-19-13(20)8-9-18/h8-12,18H2,1-7H3,(H,19,20). The van der Waals surface area contributed by atoms with Gasteiger partial charge in [-0.3, -0.25) is 9.59 Å². The van der Waals surface area contributed by atoms with E-state index in [9.17, 15) is 9.59 Å². The van der Waals surface area contributed by atoms with Crippen molar-refractivity contribution in [2.45, 2.75) is 72.5 Å². The van der Waals surface area contributed by atoms with Gasteiger partial charge in [0.2, 0.25) is 5.91 Å². The average molecular weight is 330 g/mol. The normalized spacial score (nSPS) is 12.9. The van der Waals surface area contributed by atoms with Crippen molar-refractivity contribution in [3.8, 4) is 0 Å². The summed E-state index contributed by atoms with van der Waals surface area (Å²) in [5.41, 5.74) is 3.98. The number of hydrogen-bond donors (Lipinski definition) is 2. The number of carbonyl (C=O) groups is 2. The molecule has 0 unspecified atom stereocenters. The third-order valence-electron chi connectivity index (χ3n) is 2.98. The number of amides is 1. The minimum absolute atomic E-state index is 0.0615. The van der Waals surface area contributed by atoms with Crippen LogP contribution >= 0.6 is 0 Å². The lowest BCUT2D eigenvalue weighted by atomic mass is 9.94. The molecule has 0 heterocycles. The van der Waals surface area contributed by atoms with E-state index < -0.39 is 11.2 Å². The Kier molecular flexibility index (Phi) is 8.21. The van der Waals surface area contributed by atoms with Crippen molar-refractivity contribution in [1.82, 2.24) is 5.32 Å². The number of ether oxygens (including phenoxy) is 2. The van der Waals surface area contributed by atoms with Gasteiger partial charge in [-0.05, 0) is 34.6 Å². The lowest BCUT2D eigenvalue weighted by molar-refractivity contribution is -0.162. The van der Waals surface area contributed by atoms with Gasteiger partial charge in [0.25, 0.3) is 0 Å². The summed E-state index contributed by atoms with van der Waals surface area (Å²) < 4.78 is 11.2. The largest absolute Gasteiger partial charge is 0.460 e. The topological polar surface area (TPSA) is 90.7 Å². The molecule has 6 nitrogen and oxygen atoms in total. The highest BCUT2D eigenvalue weighted by Crippen LogP contribution is 2.23. The van der Waals surface area contributed by atoms with E-state index in [1.165, 1.54) is 0 Å². The summed E-state index contributed by atoms with van der Waals surface area (Å²) in [5, 5.41) is 2.84. The second kappa shape index (κ2) is 8.64. The molecule has 0 saturated heterocycles. The molecular weight excluding hydrogens is 296 g/mol. The molecule has 0 atom stereocenters. The first-order valence-electron chi connectivity index (χ1n) is 8.09. The zero-order valence-electron chi connectivity index (χ0n) is 15.7. The van der Waals surface area contributed by atoms with Crippen molar-refractivity contribution in [1.29, 1.82) is 0 Å². The van der Waals surface area contributed by atoms with Crippen LogP contribution in [0.4, 0.5) is 0 Å². The van der Waals surface area contributed by atoms with Gasteiger partial charge in [0.1, 0.15) is 5.60 Å². The number of hydrogen-bond acceptors (Lipinski definition) is 5. The van der Waals surface area contributed by atoms with Gasteiger partial charge in [0.05, 0.1) is 18.6 Å². The molecule has 1 amide bonds. The van der Waals surface area contributed by atoms with Crippen LogP contribution in [0.25, 0.3) is 0 Å². The number of nitrogens with one attached hydrogen (secondary N) is 1. The molecule has 23 heavy (non-hydrogen) atoms. The molecule has 0 saturated carbocycles. The lowest BCUT2D eigenvalue weighted by Crippen LogP contribution is -2.40. The van der Waals surface area contributed by atoms with Crippen molar-refractivity contribution in [2.24, 2.45) is 11.1 Å². The molecule has 136 valence electrons. The Morgan fingerprint density at radius 1 is 1.04 bits per heavy atom. The molecular formula is C17H34N2O4. The fraction of sp³-hybridized carbons (Fsp3) is 0.882. The van der Waals surface area contributed by atoms with Gasteiger partial charge in [-0.25, -0.2) is 0 Å². The van der Waals surface area contributed by atoms with E-state index in [0.717, 1.165) is 0 Å². The fourth-order valence-corrected chi connectivity index (χ4v) is 1.78. The Labute approximate surface area is 140 Å². The number of carbonyl (C=O) groups excluding carboxylic acids is 2. The van der Waals surface area contributed by atoms with Crippen molar-refractivity contribution in [3.05, 3.63) is 0 Å². The average Bonchev–Trinajstić information content (AvgIpc) is 2.32. The van der Waals surface area contributed by atoms with Gasteiger partial charge >= 0.3 is 5.97 Å². The van der Waals surface area contributed by atoms with E-state index in [1.54, 1.807) is 0 Å². The number of rotatable bonds is 9. The summed E-state index contributed by atoms with van der Waals surface area (Å²) in [6.07, 6.45) is 0.501. The first kappa shape index (κ1) is 21.9. The monoisotopic (exact) mass is 330 g/mol. The first-order chi connectivity index (χ1) is 10.3. The molecule has 0 aromatic heterocycles. The number of nitrogens with two attached hydrogens (primary N) is 1. The molecule has 0 aromatic rings. The van der Waals surface area contributed by atoms with E-state index in [0.29, 0.717) is 26.1 Å². The Bertz CT molecular complexity index is 398. The van der Waals surface area contributed by atoms with Crippen LogP contribution in [0.2, 0.25) is 0 Å². The predicted molar refractivity (Wildman–Crippen MR) is 91.0 cm³/mol. The summed E-state index contributed by atoms with van der Waals surface area (Å²) in [6.45, 7) is 14.5. The van der Waals surface area contributed by atoms with E-state index in [1.807, 2.05) is 48.5 Å². The minimum Gasteiger partial charge on any atom is -0.460 e. The summed E-state index contributed by atoms with van der Waals surface area (Å²) in [5.74, 6) is -0.342. The van der Waals surface area contributed by atoms with E-state index in [-0.39, 0.29) is 23.7 Å². The predicted octanol–water partition coefficient (Wildman–Crippen LogP) is 2.00. The second-order valence-corrected chi connectivity index (χ2v) is 8.29. The molecule has 0 aliphatic rings. The second-order valence-electron chi connectivity index (χ2n) is 8.29. The molecule has 0 spiro atoms. The van der Waals surface area contributed by atoms with Crippen LogP contribution in [0, 0.1) is 5.41 Å². The molecule has 0 aliphatic carbocycles. The molecule has 0 fully saturated rings. The fourth-order valence-electron chi connectivity index (χ4n) is 1.78. The summed E-state index contributed by atoms with van der Waals surface area (Å²) in [6, 6.07) is 0. The molecule has 3 N–H and O–H groups in total. The molecule has 0 aliphatic heterocycles. The zero-order chi connectivity index (χ0) is 18.3. The third-order valence-corrected chi connectivity index (χ3v) is 2.98. The van der Waals surface area contributed by atoms with Gasteiger partial charge in [-0.15, -0.1) is 0 Å². The Morgan fingerprint density at radius 3 is 2.09 bits per heavy atom. The quantitative estimate of drug-likeness (QED) is 0.631. The highest BCUT2D eigenvalue weighted by atomic mass is 16.6. The van der Waals surface area contributed by atoms with Gasteiger partial charge in [0, 0.05) is 24.9 Å². The zero-order valence-corrected chi connectivity index (χ0v) is 15.7. The Morgan fingerprint density at radius 2 is 1.61 bits per heavy atom. The molecule has 0 radical (unpaired) electrons.